The minimum atomic E-state index is -1.05. The van der Waals surface area contributed by atoms with Crippen LogP contribution < -0.4 is 0 Å². The van der Waals surface area contributed by atoms with Gasteiger partial charge in [-0.25, -0.2) is 9.78 Å². The molecule has 0 fully saturated rings. The van der Waals surface area contributed by atoms with Gasteiger partial charge in [0.2, 0.25) is 5.76 Å². The van der Waals surface area contributed by atoms with Gasteiger partial charge < -0.3 is 14.1 Å². The highest BCUT2D eigenvalue weighted by Crippen LogP contribution is 2.15. The molecule has 2 aromatic heterocycles. The number of aryl methyl sites for hydroxylation is 1. The van der Waals surface area contributed by atoms with Gasteiger partial charge in [0.05, 0.1) is 12.9 Å². The van der Waals surface area contributed by atoms with E-state index in [0.29, 0.717) is 12.3 Å². The van der Waals surface area contributed by atoms with E-state index in [-0.39, 0.29) is 5.76 Å². The van der Waals surface area contributed by atoms with Crippen molar-refractivity contribution in [3.8, 4) is 0 Å². The zero-order chi connectivity index (χ0) is 10.8. The standard InChI is InChI=1S/C10H10N2O3/c1-7-8(4-9(15-7)10(13)14)5-12-3-2-11-6-12/h2-4,6H,5H2,1H3,(H,13,14). The first-order valence-corrected chi connectivity index (χ1v) is 4.45. The molecule has 0 unspecified atom stereocenters. The van der Waals surface area contributed by atoms with Crippen LogP contribution in [0, 0.1) is 6.92 Å². The van der Waals surface area contributed by atoms with Crippen molar-refractivity contribution in [3.63, 3.8) is 0 Å². The summed E-state index contributed by atoms with van der Waals surface area (Å²) < 4.78 is 6.94. The highest BCUT2D eigenvalue weighted by molar-refractivity contribution is 5.84. The van der Waals surface area contributed by atoms with Crippen molar-refractivity contribution in [2.24, 2.45) is 0 Å². The average Bonchev–Trinajstić information content (AvgIpc) is 2.77. The molecule has 0 amide bonds. The lowest BCUT2D eigenvalue weighted by Crippen LogP contribution is -1.96. The Kier molecular flexibility index (Phi) is 2.29. The summed E-state index contributed by atoms with van der Waals surface area (Å²) in [5.41, 5.74) is 0.852. The molecule has 0 aliphatic rings. The first kappa shape index (κ1) is 9.51. The van der Waals surface area contributed by atoms with Gasteiger partial charge in [-0.15, -0.1) is 0 Å². The number of aromatic nitrogens is 2. The van der Waals surface area contributed by atoms with Crippen molar-refractivity contribution in [3.05, 3.63) is 41.9 Å². The van der Waals surface area contributed by atoms with Crippen LogP contribution >= 0.6 is 0 Å². The first-order valence-electron chi connectivity index (χ1n) is 4.45. The predicted molar refractivity (Wildman–Crippen MR) is 51.7 cm³/mol. The number of nitrogens with zero attached hydrogens (tertiary/aromatic N) is 2. The van der Waals surface area contributed by atoms with Crippen LogP contribution in [0.3, 0.4) is 0 Å². The second-order valence-electron chi connectivity index (χ2n) is 3.23. The fraction of sp³-hybridized carbons (Fsp3) is 0.200. The number of imidazole rings is 1. The van der Waals surface area contributed by atoms with Crippen LogP contribution in [0.5, 0.6) is 0 Å². The lowest BCUT2D eigenvalue weighted by molar-refractivity contribution is 0.0661. The number of aromatic carboxylic acids is 1. The fourth-order valence-corrected chi connectivity index (χ4v) is 1.36. The normalized spacial score (nSPS) is 10.5. The highest BCUT2D eigenvalue weighted by atomic mass is 16.4. The van der Waals surface area contributed by atoms with Crippen LogP contribution in [0.15, 0.2) is 29.2 Å². The van der Waals surface area contributed by atoms with Crippen molar-refractivity contribution < 1.29 is 14.3 Å². The van der Waals surface area contributed by atoms with E-state index >= 15 is 0 Å². The Bertz CT molecular complexity index is 471. The molecule has 15 heavy (non-hydrogen) atoms. The quantitative estimate of drug-likeness (QED) is 0.826. The van der Waals surface area contributed by atoms with Crippen LogP contribution in [0.4, 0.5) is 0 Å². The molecular weight excluding hydrogens is 196 g/mol. The Morgan fingerprint density at radius 3 is 3.00 bits per heavy atom. The van der Waals surface area contributed by atoms with E-state index in [9.17, 15) is 4.79 Å². The zero-order valence-corrected chi connectivity index (χ0v) is 8.17. The van der Waals surface area contributed by atoms with Crippen molar-refractivity contribution >= 4 is 5.97 Å². The third kappa shape index (κ3) is 1.90. The summed E-state index contributed by atoms with van der Waals surface area (Å²) >= 11 is 0. The summed E-state index contributed by atoms with van der Waals surface area (Å²) in [5, 5.41) is 8.74. The summed E-state index contributed by atoms with van der Waals surface area (Å²) in [6.45, 7) is 2.32. The van der Waals surface area contributed by atoms with Gasteiger partial charge in [-0.05, 0) is 13.0 Å². The Hall–Kier alpha value is -2.04. The SMILES string of the molecule is Cc1oc(C(=O)O)cc1Cn1ccnc1. The van der Waals surface area contributed by atoms with Crippen molar-refractivity contribution in [1.82, 2.24) is 9.55 Å². The van der Waals surface area contributed by atoms with Crippen LogP contribution in [-0.4, -0.2) is 20.6 Å². The third-order valence-corrected chi connectivity index (χ3v) is 2.14. The smallest absolute Gasteiger partial charge is 0.371 e. The van der Waals surface area contributed by atoms with Gasteiger partial charge >= 0.3 is 5.97 Å². The number of hydrogen-bond acceptors (Lipinski definition) is 3. The van der Waals surface area contributed by atoms with Crippen molar-refractivity contribution in [2.75, 3.05) is 0 Å². The van der Waals surface area contributed by atoms with E-state index < -0.39 is 5.97 Å². The molecule has 0 radical (unpaired) electrons. The maximum absolute atomic E-state index is 10.7. The maximum atomic E-state index is 10.7. The Morgan fingerprint density at radius 2 is 2.47 bits per heavy atom. The Morgan fingerprint density at radius 1 is 1.67 bits per heavy atom. The number of carboxylic acid groups (broad SMARTS) is 1. The molecule has 2 heterocycles. The number of rotatable bonds is 3. The van der Waals surface area contributed by atoms with E-state index in [1.54, 1.807) is 19.4 Å². The molecule has 0 spiro atoms. The number of furan rings is 1. The van der Waals surface area contributed by atoms with Crippen LogP contribution in [0.2, 0.25) is 0 Å². The molecule has 2 rings (SSSR count). The molecule has 78 valence electrons. The maximum Gasteiger partial charge on any atom is 0.371 e. The fourth-order valence-electron chi connectivity index (χ4n) is 1.36. The molecule has 1 N–H and O–H groups in total. The van der Waals surface area contributed by atoms with Crippen molar-refractivity contribution in [1.29, 1.82) is 0 Å². The van der Waals surface area contributed by atoms with Crippen LogP contribution in [0.25, 0.3) is 0 Å². The number of carboxylic acids is 1. The molecule has 0 aliphatic carbocycles. The molecule has 0 saturated carbocycles. The highest BCUT2D eigenvalue weighted by Gasteiger charge is 2.12. The van der Waals surface area contributed by atoms with Gasteiger partial charge in [0, 0.05) is 18.0 Å². The Labute approximate surface area is 86.0 Å². The number of hydrogen-bond donors (Lipinski definition) is 1. The molecule has 5 nitrogen and oxygen atoms in total. The molecule has 0 aromatic carbocycles. The van der Waals surface area contributed by atoms with Crippen LogP contribution in [0.1, 0.15) is 21.9 Å². The molecule has 2 aromatic rings. The van der Waals surface area contributed by atoms with Gasteiger partial charge in [-0.1, -0.05) is 0 Å². The summed E-state index contributed by atoms with van der Waals surface area (Å²) in [6, 6.07) is 1.54. The molecular formula is C10H10N2O3. The van der Waals surface area contributed by atoms with E-state index in [1.807, 2.05) is 10.8 Å². The lowest BCUT2D eigenvalue weighted by atomic mass is 10.2. The largest absolute Gasteiger partial charge is 0.475 e. The second-order valence-corrected chi connectivity index (χ2v) is 3.23. The van der Waals surface area contributed by atoms with E-state index in [1.165, 1.54) is 6.07 Å². The van der Waals surface area contributed by atoms with Crippen molar-refractivity contribution in [2.45, 2.75) is 13.5 Å². The minimum absolute atomic E-state index is 0.0254. The summed E-state index contributed by atoms with van der Waals surface area (Å²) in [7, 11) is 0. The molecule has 5 heteroatoms. The average molecular weight is 206 g/mol. The van der Waals surface area contributed by atoms with E-state index in [0.717, 1.165) is 5.56 Å². The lowest BCUT2D eigenvalue weighted by Gasteiger charge is -1.98. The van der Waals surface area contributed by atoms with Gasteiger partial charge in [0.15, 0.2) is 0 Å². The van der Waals surface area contributed by atoms with Crippen LogP contribution in [-0.2, 0) is 6.54 Å². The van der Waals surface area contributed by atoms with Gasteiger partial charge in [-0.3, -0.25) is 0 Å². The van der Waals surface area contributed by atoms with E-state index in [4.69, 9.17) is 9.52 Å². The Balaban J connectivity index is 2.25. The first-order chi connectivity index (χ1) is 7.16. The minimum Gasteiger partial charge on any atom is -0.475 e. The molecule has 0 aliphatic heterocycles. The summed E-state index contributed by atoms with van der Waals surface area (Å²) in [5.74, 6) is -0.446. The zero-order valence-electron chi connectivity index (χ0n) is 8.17. The molecule has 0 bridgehead atoms. The molecule has 0 atom stereocenters. The third-order valence-electron chi connectivity index (χ3n) is 2.14. The molecule has 0 saturated heterocycles. The van der Waals surface area contributed by atoms with E-state index in [2.05, 4.69) is 4.98 Å². The monoisotopic (exact) mass is 206 g/mol. The van der Waals surface area contributed by atoms with Gasteiger partial charge in [0.1, 0.15) is 5.76 Å². The topological polar surface area (TPSA) is 68.3 Å². The number of carbonyl (C=O) groups is 1. The summed E-state index contributed by atoms with van der Waals surface area (Å²) in [4.78, 5) is 14.6. The van der Waals surface area contributed by atoms with Gasteiger partial charge in [0.25, 0.3) is 0 Å². The summed E-state index contributed by atoms with van der Waals surface area (Å²) in [6.07, 6.45) is 5.16. The predicted octanol–water partition coefficient (Wildman–Crippen LogP) is 1.53. The second kappa shape index (κ2) is 3.61. The van der Waals surface area contributed by atoms with Gasteiger partial charge in [-0.2, -0.15) is 0 Å².